The van der Waals surface area contributed by atoms with Crippen molar-refractivity contribution in [3.63, 3.8) is 0 Å². The Kier molecular flexibility index (Phi) is 8.02. The molecule has 1 N–H and O–H groups in total. The van der Waals surface area contributed by atoms with E-state index in [9.17, 15) is 4.79 Å². The van der Waals surface area contributed by atoms with Crippen LogP contribution in [0.1, 0.15) is 25.7 Å². The van der Waals surface area contributed by atoms with Gasteiger partial charge in [0.1, 0.15) is 0 Å². The van der Waals surface area contributed by atoms with Crippen LogP contribution in [0.5, 0.6) is 0 Å². The van der Waals surface area contributed by atoms with E-state index in [2.05, 4.69) is 28.8 Å². The Morgan fingerprint density at radius 3 is 2.37 bits per heavy atom. The zero-order chi connectivity index (χ0) is 14.1. The Balaban J connectivity index is 2.23. The predicted octanol–water partition coefficient (Wildman–Crippen LogP) is 0.811. The Morgan fingerprint density at radius 2 is 1.79 bits per heavy atom. The number of hydrogen-bond acceptors (Lipinski definition) is 4. The molecule has 0 atom stereocenters. The van der Waals surface area contributed by atoms with Crippen molar-refractivity contribution in [2.24, 2.45) is 0 Å². The molecule has 19 heavy (non-hydrogen) atoms. The SMILES string of the molecule is CN(C)CCCN(CCC(=O)O)CCN1CCCC1. The fourth-order valence-corrected chi connectivity index (χ4v) is 2.49. The molecule has 0 saturated carbocycles. The molecule has 1 heterocycles. The van der Waals surface area contributed by atoms with E-state index in [1.54, 1.807) is 0 Å². The first-order chi connectivity index (χ1) is 9.08. The lowest BCUT2D eigenvalue weighted by Crippen LogP contribution is -2.36. The van der Waals surface area contributed by atoms with Gasteiger partial charge in [-0.1, -0.05) is 0 Å². The molecule has 1 aliphatic heterocycles. The third-order valence-corrected chi connectivity index (χ3v) is 3.65. The van der Waals surface area contributed by atoms with Crippen LogP contribution in [0.2, 0.25) is 0 Å². The van der Waals surface area contributed by atoms with Crippen LogP contribution in [0.25, 0.3) is 0 Å². The maximum atomic E-state index is 10.7. The number of likely N-dealkylation sites (tertiary alicyclic amines) is 1. The van der Waals surface area contributed by atoms with Gasteiger partial charge in [-0.3, -0.25) is 4.79 Å². The minimum absolute atomic E-state index is 0.252. The summed E-state index contributed by atoms with van der Waals surface area (Å²) in [4.78, 5) is 17.7. The number of hydrogen-bond donors (Lipinski definition) is 1. The monoisotopic (exact) mass is 271 g/mol. The van der Waals surface area contributed by atoms with Gasteiger partial charge in [-0.25, -0.2) is 0 Å². The van der Waals surface area contributed by atoms with E-state index in [1.807, 2.05) is 0 Å². The van der Waals surface area contributed by atoms with E-state index in [1.165, 1.54) is 25.9 Å². The summed E-state index contributed by atoms with van der Waals surface area (Å²) in [6.45, 7) is 7.25. The third-order valence-electron chi connectivity index (χ3n) is 3.65. The summed E-state index contributed by atoms with van der Waals surface area (Å²) in [7, 11) is 4.15. The van der Waals surface area contributed by atoms with Gasteiger partial charge in [-0.2, -0.15) is 0 Å². The van der Waals surface area contributed by atoms with Crippen molar-refractivity contribution in [1.82, 2.24) is 14.7 Å². The van der Waals surface area contributed by atoms with E-state index in [-0.39, 0.29) is 6.42 Å². The summed E-state index contributed by atoms with van der Waals surface area (Å²) in [6, 6.07) is 0. The van der Waals surface area contributed by atoms with Crippen molar-refractivity contribution >= 4 is 5.97 Å². The molecule has 5 heteroatoms. The van der Waals surface area contributed by atoms with E-state index < -0.39 is 5.97 Å². The van der Waals surface area contributed by atoms with E-state index >= 15 is 0 Å². The normalized spacial score (nSPS) is 16.6. The molecule has 5 nitrogen and oxygen atoms in total. The molecule has 0 unspecified atom stereocenters. The van der Waals surface area contributed by atoms with Crippen molar-refractivity contribution < 1.29 is 9.90 Å². The maximum absolute atomic E-state index is 10.7. The van der Waals surface area contributed by atoms with E-state index in [0.29, 0.717) is 6.54 Å². The van der Waals surface area contributed by atoms with Crippen molar-refractivity contribution in [2.45, 2.75) is 25.7 Å². The van der Waals surface area contributed by atoms with Gasteiger partial charge in [0.05, 0.1) is 6.42 Å². The highest BCUT2D eigenvalue weighted by atomic mass is 16.4. The van der Waals surface area contributed by atoms with Gasteiger partial charge in [0, 0.05) is 19.6 Å². The van der Waals surface area contributed by atoms with Gasteiger partial charge in [0.15, 0.2) is 0 Å². The van der Waals surface area contributed by atoms with Gasteiger partial charge in [0.2, 0.25) is 0 Å². The van der Waals surface area contributed by atoms with Crippen LogP contribution in [0, 0.1) is 0 Å². The number of rotatable bonds is 10. The summed E-state index contributed by atoms with van der Waals surface area (Å²) >= 11 is 0. The average molecular weight is 271 g/mol. The van der Waals surface area contributed by atoms with E-state index in [0.717, 1.165) is 32.6 Å². The van der Waals surface area contributed by atoms with Crippen LogP contribution in [0.3, 0.4) is 0 Å². The molecule has 0 radical (unpaired) electrons. The molecule has 0 aromatic carbocycles. The second-order valence-electron chi connectivity index (χ2n) is 5.69. The van der Waals surface area contributed by atoms with Crippen LogP contribution in [0.4, 0.5) is 0 Å². The summed E-state index contributed by atoms with van der Waals surface area (Å²) in [6.07, 6.45) is 3.99. The fraction of sp³-hybridized carbons (Fsp3) is 0.929. The molecular formula is C14H29N3O2. The molecule has 0 amide bonds. The van der Waals surface area contributed by atoms with Crippen molar-refractivity contribution in [3.8, 4) is 0 Å². The second-order valence-corrected chi connectivity index (χ2v) is 5.69. The highest BCUT2D eigenvalue weighted by Crippen LogP contribution is 2.07. The highest BCUT2D eigenvalue weighted by Gasteiger charge is 2.13. The molecule has 1 aliphatic rings. The maximum Gasteiger partial charge on any atom is 0.304 e. The Bertz CT molecular complexity index is 253. The minimum atomic E-state index is -0.696. The number of carboxylic acid groups (broad SMARTS) is 1. The largest absolute Gasteiger partial charge is 0.481 e. The number of carbonyl (C=O) groups is 1. The molecular weight excluding hydrogens is 242 g/mol. The summed E-state index contributed by atoms with van der Waals surface area (Å²) < 4.78 is 0. The molecule has 0 aromatic rings. The summed E-state index contributed by atoms with van der Waals surface area (Å²) in [5, 5.41) is 8.81. The third kappa shape index (κ3) is 8.18. The molecule has 112 valence electrons. The lowest BCUT2D eigenvalue weighted by molar-refractivity contribution is -0.137. The smallest absolute Gasteiger partial charge is 0.304 e. The molecule has 0 spiro atoms. The standard InChI is InChI=1S/C14H29N3O2/c1-15(2)7-5-10-17(11-6-14(18)19)13-12-16-8-3-4-9-16/h3-13H2,1-2H3,(H,18,19). The van der Waals surface area contributed by atoms with Crippen LogP contribution in [0.15, 0.2) is 0 Å². The Hall–Kier alpha value is -0.650. The van der Waals surface area contributed by atoms with Crippen LogP contribution >= 0.6 is 0 Å². The number of nitrogens with zero attached hydrogens (tertiary/aromatic N) is 3. The topological polar surface area (TPSA) is 47.0 Å². The zero-order valence-electron chi connectivity index (χ0n) is 12.5. The van der Waals surface area contributed by atoms with Gasteiger partial charge >= 0.3 is 5.97 Å². The van der Waals surface area contributed by atoms with E-state index in [4.69, 9.17) is 5.11 Å². The molecule has 0 aromatic heterocycles. The average Bonchev–Trinajstić information content (AvgIpc) is 2.84. The van der Waals surface area contributed by atoms with Crippen molar-refractivity contribution in [2.75, 3.05) is 59.9 Å². The first-order valence-corrected chi connectivity index (χ1v) is 7.39. The zero-order valence-corrected chi connectivity index (χ0v) is 12.5. The van der Waals surface area contributed by atoms with Gasteiger partial charge in [-0.05, 0) is 59.5 Å². The lowest BCUT2D eigenvalue weighted by Gasteiger charge is -2.25. The van der Waals surface area contributed by atoms with Crippen molar-refractivity contribution in [3.05, 3.63) is 0 Å². The quantitative estimate of drug-likeness (QED) is 0.637. The van der Waals surface area contributed by atoms with Crippen LogP contribution in [-0.2, 0) is 4.79 Å². The molecule has 0 aliphatic carbocycles. The number of aliphatic carboxylic acids is 1. The van der Waals surface area contributed by atoms with Gasteiger partial charge < -0.3 is 19.8 Å². The minimum Gasteiger partial charge on any atom is -0.481 e. The molecule has 1 saturated heterocycles. The summed E-state index contributed by atoms with van der Waals surface area (Å²) in [5.41, 5.74) is 0. The fourth-order valence-electron chi connectivity index (χ4n) is 2.49. The molecule has 1 rings (SSSR count). The van der Waals surface area contributed by atoms with Crippen LogP contribution in [-0.4, -0.2) is 85.7 Å². The van der Waals surface area contributed by atoms with Crippen molar-refractivity contribution in [1.29, 1.82) is 0 Å². The predicted molar refractivity (Wildman–Crippen MR) is 77.5 cm³/mol. The number of carboxylic acids is 1. The lowest BCUT2D eigenvalue weighted by atomic mass is 10.3. The highest BCUT2D eigenvalue weighted by molar-refractivity contribution is 5.66. The second kappa shape index (κ2) is 9.28. The molecule has 1 fully saturated rings. The first kappa shape index (κ1) is 16.4. The Labute approximate surface area is 117 Å². The Morgan fingerprint density at radius 1 is 1.11 bits per heavy atom. The molecule has 0 bridgehead atoms. The van der Waals surface area contributed by atoms with Gasteiger partial charge in [0.25, 0.3) is 0 Å². The summed E-state index contributed by atoms with van der Waals surface area (Å²) in [5.74, 6) is -0.696. The first-order valence-electron chi connectivity index (χ1n) is 7.39. The van der Waals surface area contributed by atoms with Crippen LogP contribution < -0.4 is 0 Å². The van der Waals surface area contributed by atoms with Gasteiger partial charge in [-0.15, -0.1) is 0 Å².